The first-order chi connectivity index (χ1) is 8.60. The second kappa shape index (κ2) is 4.55. The van der Waals surface area contributed by atoms with Gasteiger partial charge >= 0.3 is 126 Å². The second-order valence-corrected chi connectivity index (χ2v) is 7.30. The van der Waals surface area contributed by atoms with Crippen LogP contribution in [-0.4, -0.2) is 18.3 Å². The zero-order chi connectivity index (χ0) is 12.8. The van der Waals surface area contributed by atoms with E-state index in [4.69, 9.17) is 35.4 Å². The summed E-state index contributed by atoms with van der Waals surface area (Å²) in [6.07, 6.45) is 5.47. The maximum atomic E-state index is 6.59. The average Bonchev–Trinajstić information content (AvgIpc) is 2.68. The molecule has 1 N–H and O–H groups in total. The van der Waals surface area contributed by atoms with Crippen molar-refractivity contribution in [2.45, 2.75) is 5.12 Å². The molecule has 1 aliphatic rings. The van der Waals surface area contributed by atoms with E-state index in [1.54, 1.807) is 6.08 Å². The van der Waals surface area contributed by atoms with E-state index in [-0.39, 0.29) is 14.7 Å². The van der Waals surface area contributed by atoms with Gasteiger partial charge in [-0.15, -0.1) is 0 Å². The Bertz CT molecular complexity index is 731. The van der Waals surface area contributed by atoms with Crippen LogP contribution in [0.4, 0.5) is 0 Å². The number of dihydropyridines is 1. The number of rotatable bonds is 1. The van der Waals surface area contributed by atoms with E-state index in [2.05, 4.69) is 11.4 Å². The Labute approximate surface area is 125 Å². The minimum atomic E-state index is -0.859. The first kappa shape index (κ1) is 12.5. The molecule has 92 valence electrons. The number of alkyl halides is 1. The summed E-state index contributed by atoms with van der Waals surface area (Å²) in [6, 6.07) is 8.13. The quantitative estimate of drug-likeness (QED) is 0.362. The molecule has 0 spiro atoms. The summed E-state index contributed by atoms with van der Waals surface area (Å²) < 4.78 is 4.01. The van der Waals surface area contributed by atoms with Crippen LogP contribution in [0.25, 0.3) is 9.65 Å². The van der Waals surface area contributed by atoms with Crippen LogP contribution < -0.4 is 5.32 Å². The third kappa shape index (κ3) is 1.98. The van der Waals surface area contributed by atoms with Gasteiger partial charge in [0.2, 0.25) is 0 Å². The van der Waals surface area contributed by atoms with Crippen LogP contribution in [0.5, 0.6) is 0 Å². The van der Waals surface area contributed by atoms with Crippen molar-refractivity contribution in [3.8, 4) is 0 Å². The minimum absolute atomic E-state index is 0.0568. The average molecular weight is 362 g/mol. The van der Waals surface area contributed by atoms with E-state index < -0.39 is 5.12 Å². The van der Waals surface area contributed by atoms with Crippen molar-refractivity contribution >= 4 is 59.8 Å². The van der Waals surface area contributed by atoms with Crippen molar-refractivity contribution in [2.75, 3.05) is 0 Å². The summed E-state index contributed by atoms with van der Waals surface area (Å²) in [5.74, 6) is 0. The predicted molar refractivity (Wildman–Crippen MR) is 79.8 cm³/mol. The van der Waals surface area contributed by atoms with Gasteiger partial charge < -0.3 is 0 Å². The summed E-state index contributed by atoms with van der Waals surface area (Å²) >= 11 is 18.1. The number of benzene rings is 1. The summed E-state index contributed by atoms with van der Waals surface area (Å²) in [5, 5.41) is 3.81. The van der Waals surface area contributed by atoms with Gasteiger partial charge in [-0.3, -0.25) is 0 Å². The number of aromatic nitrogens is 1. The molecule has 0 fully saturated rings. The normalized spacial score (nSPS) is 22.9. The SMILES string of the molecule is S=c1c2ccccc2[se]n1C1(Cl)C=CC=C(Cl)N1. The van der Waals surface area contributed by atoms with Gasteiger partial charge in [0.05, 0.1) is 0 Å². The van der Waals surface area contributed by atoms with Crippen LogP contribution in [0.15, 0.2) is 47.6 Å². The van der Waals surface area contributed by atoms with Crippen LogP contribution in [0.1, 0.15) is 0 Å². The molecule has 1 aliphatic heterocycles. The Morgan fingerprint density at radius 1 is 1.33 bits per heavy atom. The summed E-state index contributed by atoms with van der Waals surface area (Å²) in [5.41, 5.74) is 0. The zero-order valence-corrected chi connectivity index (χ0v) is 13.1. The molecule has 2 nitrogen and oxygen atoms in total. The molecule has 0 radical (unpaired) electrons. The van der Waals surface area contributed by atoms with Gasteiger partial charge in [0.15, 0.2) is 0 Å². The standard InChI is InChI=1S/C12H8Cl2N2SSe/c13-10-6-3-7-12(14,15-10)16-11(17)8-4-1-2-5-9(8)18-16/h1-7,15H. The topological polar surface area (TPSA) is 17.0 Å². The first-order valence-electron chi connectivity index (χ1n) is 5.24. The molecule has 2 aromatic rings. The van der Waals surface area contributed by atoms with Crippen LogP contribution in [0, 0.1) is 4.64 Å². The molecule has 3 rings (SSSR count). The molecule has 6 heteroatoms. The Hall–Kier alpha value is -0.511. The van der Waals surface area contributed by atoms with Crippen LogP contribution >= 0.6 is 35.4 Å². The van der Waals surface area contributed by atoms with Gasteiger partial charge in [0, 0.05) is 0 Å². The van der Waals surface area contributed by atoms with Gasteiger partial charge in [-0.1, -0.05) is 0 Å². The molecule has 18 heavy (non-hydrogen) atoms. The van der Waals surface area contributed by atoms with E-state index in [1.165, 1.54) is 4.26 Å². The molecule has 1 atom stereocenters. The number of nitrogens with one attached hydrogen (secondary N) is 1. The number of halogens is 2. The molecular formula is C12H8Cl2N2SSe. The molecular weight excluding hydrogens is 354 g/mol. The number of hydrogen-bond acceptors (Lipinski definition) is 2. The molecule has 0 saturated carbocycles. The molecule has 0 amide bonds. The molecule has 1 unspecified atom stereocenters. The molecule has 2 heterocycles. The van der Waals surface area contributed by atoms with E-state index in [9.17, 15) is 0 Å². The monoisotopic (exact) mass is 362 g/mol. The Balaban J connectivity index is 2.21. The van der Waals surface area contributed by atoms with Gasteiger partial charge in [-0.05, 0) is 0 Å². The molecule has 0 saturated heterocycles. The van der Waals surface area contributed by atoms with Crippen LogP contribution in [0.3, 0.4) is 0 Å². The van der Waals surface area contributed by atoms with E-state index in [0.717, 1.165) is 10.0 Å². The molecule has 1 aromatic carbocycles. The Morgan fingerprint density at radius 2 is 2.11 bits per heavy atom. The van der Waals surface area contributed by atoms with E-state index in [0.29, 0.717) is 5.16 Å². The van der Waals surface area contributed by atoms with Crippen molar-refractivity contribution in [3.63, 3.8) is 0 Å². The number of nitrogens with zero attached hydrogens (tertiary/aromatic N) is 1. The number of fused-ring (bicyclic) bond motifs is 1. The summed E-state index contributed by atoms with van der Waals surface area (Å²) in [6.45, 7) is 0. The fourth-order valence-corrected chi connectivity index (χ4v) is 5.37. The fraction of sp³-hybridized carbons (Fsp3) is 0.0833. The number of allylic oxidation sites excluding steroid dienone is 2. The third-order valence-electron chi connectivity index (χ3n) is 2.64. The van der Waals surface area contributed by atoms with Crippen LogP contribution in [0.2, 0.25) is 0 Å². The molecule has 0 bridgehead atoms. The maximum absolute atomic E-state index is 6.59. The van der Waals surface area contributed by atoms with E-state index in [1.807, 2.05) is 33.9 Å². The number of hydrogen-bond donors (Lipinski definition) is 1. The van der Waals surface area contributed by atoms with Gasteiger partial charge in [0.25, 0.3) is 0 Å². The Kier molecular flexibility index (Phi) is 3.16. The van der Waals surface area contributed by atoms with Crippen molar-refractivity contribution in [1.29, 1.82) is 0 Å². The van der Waals surface area contributed by atoms with Crippen molar-refractivity contribution in [2.24, 2.45) is 0 Å². The van der Waals surface area contributed by atoms with Crippen LogP contribution in [-0.2, 0) is 5.12 Å². The van der Waals surface area contributed by atoms with Gasteiger partial charge in [0.1, 0.15) is 0 Å². The molecule has 1 aromatic heterocycles. The summed E-state index contributed by atoms with van der Waals surface area (Å²) in [7, 11) is 0. The first-order valence-corrected chi connectivity index (χ1v) is 8.02. The Morgan fingerprint density at radius 3 is 2.83 bits per heavy atom. The summed E-state index contributed by atoms with van der Waals surface area (Å²) in [4.78, 5) is 0. The van der Waals surface area contributed by atoms with Gasteiger partial charge in [-0.2, -0.15) is 0 Å². The van der Waals surface area contributed by atoms with Crippen molar-refractivity contribution in [1.82, 2.24) is 8.88 Å². The van der Waals surface area contributed by atoms with Crippen molar-refractivity contribution in [3.05, 3.63) is 52.3 Å². The fourth-order valence-electron chi connectivity index (χ4n) is 1.82. The third-order valence-corrected chi connectivity index (χ3v) is 6.67. The predicted octanol–water partition coefficient (Wildman–Crippen LogP) is 3.52. The zero-order valence-electron chi connectivity index (χ0n) is 9.06. The van der Waals surface area contributed by atoms with E-state index >= 15 is 0 Å². The second-order valence-electron chi connectivity index (χ2n) is 3.86. The van der Waals surface area contributed by atoms with Gasteiger partial charge in [-0.25, -0.2) is 0 Å². The van der Waals surface area contributed by atoms with Crippen molar-refractivity contribution < 1.29 is 0 Å². The molecule has 0 aliphatic carbocycles.